The molecular formula is C19H26N4O2. The van der Waals surface area contributed by atoms with Crippen LogP contribution in [-0.4, -0.2) is 27.1 Å². The Morgan fingerprint density at radius 2 is 1.76 bits per heavy atom. The minimum absolute atomic E-state index is 0.136. The van der Waals surface area contributed by atoms with Gasteiger partial charge in [0.05, 0.1) is 24.2 Å². The van der Waals surface area contributed by atoms with Crippen molar-refractivity contribution >= 4 is 11.7 Å². The van der Waals surface area contributed by atoms with E-state index in [1.54, 1.807) is 12.4 Å². The predicted molar refractivity (Wildman–Crippen MR) is 98.4 cm³/mol. The number of carbonyl (C=O) groups excluding carboxylic acids is 1. The zero-order chi connectivity index (χ0) is 18.4. The van der Waals surface area contributed by atoms with Crippen molar-refractivity contribution in [2.24, 2.45) is 0 Å². The molecule has 0 radical (unpaired) electrons. The van der Waals surface area contributed by atoms with Crippen LogP contribution in [-0.2, 0) is 5.41 Å². The van der Waals surface area contributed by atoms with E-state index in [0.717, 1.165) is 11.4 Å². The summed E-state index contributed by atoms with van der Waals surface area (Å²) in [5.74, 6) is 0.720. The van der Waals surface area contributed by atoms with Crippen LogP contribution in [0.4, 0.5) is 10.5 Å². The van der Waals surface area contributed by atoms with Crippen molar-refractivity contribution < 1.29 is 9.90 Å². The summed E-state index contributed by atoms with van der Waals surface area (Å²) in [6.07, 6.45) is 3.00. The molecule has 2 amide bonds. The number of carbonyl (C=O) groups is 1. The second kappa shape index (κ2) is 8.07. The van der Waals surface area contributed by atoms with Gasteiger partial charge >= 0.3 is 6.03 Å². The van der Waals surface area contributed by atoms with Gasteiger partial charge < -0.3 is 15.7 Å². The molecule has 0 saturated carbocycles. The summed E-state index contributed by atoms with van der Waals surface area (Å²) in [4.78, 5) is 20.6. The number of nitrogens with one attached hydrogen (secondary N) is 2. The highest BCUT2D eigenvalue weighted by Gasteiger charge is 2.17. The van der Waals surface area contributed by atoms with Crippen LogP contribution in [0.3, 0.4) is 0 Å². The smallest absolute Gasteiger partial charge is 0.319 e. The van der Waals surface area contributed by atoms with E-state index in [1.807, 2.05) is 58.0 Å². The van der Waals surface area contributed by atoms with E-state index in [1.165, 1.54) is 0 Å². The molecular weight excluding hydrogens is 316 g/mol. The molecule has 134 valence electrons. The molecule has 3 N–H and O–H groups in total. The summed E-state index contributed by atoms with van der Waals surface area (Å²) in [6.45, 7) is 7.94. The van der Waals surface area contributed by atoms with Crippen molar-refractivity contribution in [2.45, 2.75) is 51.7 Å². The zero-order valence-corrected chi connectivity index (χ0v) is 15.2. The van der Waals surface area contributed by atoms with E-state index in [4.69, 9.17) is 0 Å². The van der Waals surface area contributed by atoms with Gasteiger partial charge in [0.15, 0.2) is 0 Å². The van der Waals surface area contributed by atoms with Crippen LogP contribution in [0.5, 0.6) is 0 Å². The van der Waals surface area contributed by atoms with Gasteiger partial charge in [-0.1, -0.05) is 51.1 Å². The molecule has 2 atom stereocenters. The molecule has 0 bridgehead atoms. The Bertz CT molecular complexity index is 681. The number of amides is 2. The van der Waals surface area contributed by atoms with Crippen LogP contribution in [0, 0.1) is 0 Å². The van der Waals surface area contributed by atoms with Crippen LogP contribution in [0.2, 0.25) is 0 Å². The highest BCUT2D eigenvalue weighted by Crippen LogP contribution is 2.19. The molecule has 1 heterocycles. The topological polar surface area (TPSA) is 87.1 Å². The average molecular weight is 342 g/mol. The average Bonchev–Trinajstić information content (AvgIpc) is 2.55. The van der Waals surface area contributed by atoms with Crippen molar-refractivity contribution in [3.63, 3.8) is 0 Å². The summed E-state index contributed by atoms with van der Waals surface area (Å²) < 4.78 is 0. The Labute approximate surface area is 148 Å². The number of aromatic nitrogens is 2. The minimum Gasteiger partial charge on any atom is -0.388 e. The molecule has 0 saturated heterocycles. The van der Waals surface area contributed by atoms with E-state index in [2.05, 4.69) is 20.6 Å². The quantitative estimate of drug-likeness (QED) is 0.777. The van der Waals surface area contributed by atoms with E-state index >= 15 is 0 Å². The minimum atomic E-state index is -0.620. The van der Waals surface area contributed by atoms with Gasteiger partial charge in [-0.2, -0.15) is 0 Å². The van der Waals surface area contributed by atoms with Gasteiger partial charge in [0.25, 0.3) is 0 Å². The number of aliphatic hydroxyl groups is 1. The first-order valence-electron chi connectivity index (χ1n) is 8.39. The number of anilines is 1. The number of hydrogen-bond donors (Lipinski definition) is 3. The SMILES string of the molecule is CC(CC(O)c1ccccc1)NC(=O)Nc1cnc(C(C)(C)C)nc1. The van der Waals surface area contributed by atoms with Gasteiger partial charge in [0.2, 0.25) is 0 Å². The normalized spacial score (nSPS) is 13.8. The Hall–Kier alpha value is -2.47. The third-order valence-electron chi connectivity index (χ3n) is 3.72. The second-order valence-electron chi connectivity index (χ2n) is 7.21. The van der Waals surface area contributed by atoms with E-state index in [0.29, 0.717) is 12.1 Å². The maximum Gasteiger partial charge on any atom is 0.319 e. The lowest BCUT2D eigenvalue weighted by atomic mass is 9.96. The number of hydrogen-bond acceptors (Lipinski definition) is 4. The van der Waals surface area contributed by atoms with Gasteiger partial charge in [0.1, 0.15) is 5.82 Å². The highest BCUT2D eigenvalue weighted by molar-refractivity contribution is 5.89. The number of benzene rings is 1. The molecule has 2 aromatic rings. The van der Waals surface area contributed by atoms with E-state index < -0.39 is 6.10 Å². The molecule has 0 aliphatic heterocycles. The van der Waals surface area contributed by atoms with E-state index in [9.17, 15) is 9.90 Å². The lowest BCUT2D eigenvalue weighted by Crippen LogP contribution is -2.37. The molecule has 1 aromatic carbocycles. The molecule has 6 heteroatoms. The highest BCUT2D eigenvalue weighted by atomic mass is 16.3. The number of nitrogens with zero attached hydrogens (tertiary/aromatic N) is 2. The van der Waals surface area contributed by atoms with Crippen molar-refractivity contribution in [1.29, 1.82) is 0 Å². The molecule has 0 aliphatic carbocycles. The molecule has 1 aromatic heterocycles. The summed E-state index contributed by atoms with van der Waals surface area (Å²) in [5.41, 5.74) is 1.23. The van der Waals surface area contributed by atoms with E-state index in [-0.39, 0.29) is 17.5 Å². The number of urea groups is 1. The lowest BCUT2D eigenvalue weighted by Gasteiger charge is -2.19. The molecule has 0 aliphatic rings. The first kappa shape index (κ1) is 18.9. The number of rotatable bonds is 5. The molecule has 6 nitrogen and oxygen atoms in total. The lowest BCUT2D eigenvalue weighted by molar-refractivity contribution is 0.155. The fraction of sp³-hybridized carbons (Fsp3) is 0.421. The maximum absolute atomic E-state index is 12.1. The standard InChI is InChI=1S/C19H26N4O2/c1-13(10-16(24)14-8-6-5-7-9-14)22-18(25)23-15-11-20-17(21-12-15)19(2,3)4/h5-9,11-13,16,24H,10H2,1-4H3,(H2,22,23,25). The van der Waals surface area contributed by atoms with Gasteiger partial charge in [0, 0.05) is 11.5 Å². The maximum atomic E-state index is 12.1. The fourth-order valence-corrected chi connectivity index (χ4v) is 2.38. The summed E-state index contributed by atoms with van der Waals surface area (Å²) in [7, 11) is 0. The number of aliphatic hydroxyl groups excluding tert-OH is 1. The second-order valence-corrected chi connectivity index (χ2v) is 7.21. The van der Waals surface area contributed by atoms with Gasteiger partial charge in [-0.05, 0) is 18.9 Å². The Kier molecular flexibility index (Phi) is 6.09. The molecule has 2 rings (SSSR count). The zero-order valence-electron chi connectivity index (χ0n) is 15.2. The Morgan fingerprint density at radius 1 is 1.16 bits per heavy atom. The molecule has 25 heavy (non-hydrogen) atoms. The van der Waals surface area contributed by atoms with Gasteiger partial charge in [-0.25, -0.2) is 14.8 Å². The van der Waals surface area contributed by atoms with Crippen molar-refractivity contribution in [3.05, 3.63) is 54.1 Å². The fourth-order valence-electron chi connectivity index (χ4n) is 2.38. The first-order valence-corrected chi connectivity index (χ1v) is 8.39. The van der Waals surface area contributed by atoms with Crippen molar-refractivity contribution in [3.8, 4) is 0 Å². The third kappa shape index (κ3) is 5.83. The third-order valence-corrected chi connectivity index (χ3v) is 3.72. The van der Waals surface area contributed by atoms with Crippen LogP contribution in [0.1, 0.15) is 51.6 Å². The van der Waals surface area contributed by atoms with Crippen molar-refractivity contribution in [1.82, 2.24) is 15.3 Å². The van der Waals surface area contributed by atoms with Crippen LogP contribution >= 0.6 is 0 Å². The van der Waals surface area contributed by atoms with Gasteiger partial charge in [-0.15, -0.1) is 0 Å². The summed E-state index contributed by atoms with van der Waals surface area (Å²) in [6, 6.07) is 8.86. The largest absolute Gasteiger partial charge is 0.388 e. The Morgan fingerprint density at radius 3 is 2.32 bits per heavy atom. The van der Waals surface area contributed by atoms with Gasteiger partial charge in [-0.3, -0.25) is 0 Å². The van der Waals surface area contributed by atoms with Crippen LogP contribution in [0.25, 0.3) is 0 Å². The summed E-state index contributed by atoms with van der Waals surface area (Å²) >= 11 is 0. The first-order chi connectivity index (χ1) is 11.8. The predicted octanol–water partition coefficient (Wildman–Crippen LogP) is 3.41. The molecule has 0 spiro atoms. The van der Waals surface area contributed by atoms with Crippen molar-refractivity contribution in [2.75, 3.05) is 5.32 Å². The van der Waals surface area contributed by atoms with Crippen LogP contribution < -0.4 is 10.6 Å². The summed E-state index contributed by atoms with van der Waals surface area (Å²) in [5, 5.41) is 15.7. The monoisotopic (exact) mass is 342 g/mol. The molecule has 0 fully saturated rings. The molecule has 2 unspecified atom stereocenters. The Balaban J connectivity index is 1.85. The van der Waals surface area contributed by atoms with Crippen LogP contribution in [0.15, 0.2) is 42.7 Å².